The largest absolute Gasteiger partial charge is 0.480 e. The first-order valence-corrected chi connectivity index (χ1v) is 6.05. The molecule has 0 aromatic rings. The summed E-state index contributed by atoms with van der Waals surface area (Å²) in [5, 5.41) is 9.47. The summed E-state index contributed by atoms with van der Waals surface area (Å²) in [5.41, 5.74) is -0.808. The van der Waals surface area contributed by atoms with Crippen molar-refractivity contribution in [2.75, 3.05) is 40.5 Å². The van der Waals surface area contributed by atoms with Crippen molar-refractivity contribution >= 4 is 5.97 Å². The van der Waals surface area contributed by atoms with Gasteiger partial charge in [0.05, 0.1) is 13.2 Å². The average Bonchev–Trinajstić information content (AvgIpc) is 2.33. The first-order valence-electron chi connectivity index (χ1n) is 6.05. The summed E-state index contributed by atoms with van der Waals surface area (Å²) in [6, 6.07) is 0. The summed E-state index contributed by atoms with van der Waals surface area (Å²) >= 11 is 0. The highest BCUT2D eigenvalue weighted by Gasteiger charge is 2.40. The Morgan fingerprint density at radius 2 is 1.53 bits per heavy atom. The number of carbonyl (C=O) groups is 1. The van der Waals surface area contributed by atoms with Crippen LogP contribution in [0, 0.1) is 0 Å². The van der Waals surface area contributed by atoms with E-state index in [9.17, 15) is 9.90 Å². The molecule has 0 aliphatic rings. The van der Waals surface area contributed by atoms with Crippen LogP contribution in [0.1, 0.15) is 26.7 Å². The van der Waals surface area contributed by atoms with E-state index in [4.69, 9.17) is 9.47 Å². The van der Waals surface area contributed by atoms with Crippen molar-refractivity contribution in [3.8, 4) is 0 Å². The van der Waals surface area contributed by atoms with Crippen LogP contribution < -0.4 is 0 Å². The van der Waals surface area contributed by atoms with Crippen LogP contribution in [-0.4, -0.2) is 62.0 Å². The van der Waals surface area contributed by atoms with Gasteiger partial charge in [0.1, 0.15) is 5.54 Å². The predicted octanol–water partition coefficient (Wildman–Crippen LogP) is 1.22. The van der Waals surface area contributed by atoms with Crippen LogP contribution in [0.4, 0.5) is 0 Å². The number of hydrogen-bond donors (Lipinski definition) is 1. The zero-order valence-electron chi connectivity index (χ0n) is 11.4. The molecule has 0 rings (SSSR count). The van der Waals surface area contributed by atoms with Crippen LogP contribution in [0.5, 0.6) is 0 Å². The monoisotopic (exact) mass is 247 g/mol. The van der Waals surface area contributed by atoms with E-state index in [1.807, 2.05) is 18.7 Å². The lowest BCUT2D eigenvalue weighted by atomic mass is 9.90. The number of hydrogen-bond acceptors (Lipinski definition) is 4. The molecule has 5 nitrogen and oxygen atoms in total. The van der Waals surface area contributed by atoms with Gasteiger partial charge in [-0.3, -0.25) is 9.69 Å². The molecular weight excluding hydrogens is 222 g/mol. The van der Waals surface area contributed by atoms with Gasteiger partial charge in [0.2, 0.25) is 0 Å². The van der Waals surface area contributed by atoms with Gasteiger partial charge in [0, 0.05) is 27.3 Å². The van der Waals surface area contributed by atoms with E-state index in [1.165, 1.54) is 0 Å². The van der Waals surface area contributed by atoms with Gasteiger partial charge in [-0.2, -0.15) is 0 Å². The molecule has 0 bridgehead atoms. The van der Waals surface area contributed by atoms with E-state index in [0.29, 0.717) is 39.1 Å². The average molecular weight is 247 g/mol. The minimum absolute atomic E-state index is 0.527. The van der Waals surface area contributed by atoms with Crippen LogP contribution in [0.15, 0.2) is 0 Å². The van der Waals surface area contributed by atoms with Crippen molar-refractivity contribution < 1.29 is 19.4 Å². The van der Waals surface area contributed by atoms with Gasteiger partial charge in [-0.25, -0.2) is 0 Å². The topological polar surface area (TPSA) is 59.0 Å². The molecule has 5 heteroatoms. The van der Waals surface area contributed by atoms with E-state index in [0.717, 1.165) is 0 Å². The van der Waals surface area contributed by atoms with Crippen molar-refractivity contribution in [1.82, 2.24) is 4.90 Å². The van der Waals surface area contributed by atoms with Crippen LogP contribution in [0.3, 0.4) is 0 Å². The molecular formula is C12H25NO4. The molecule has 0 heterocycles. The highest BCUT2D eigenvalue weighted by molar-refractivity contribution is 5.78. The highest BCUT2D eigenvalue weighted by atomic mass is 16.5. The zero-order valence-corrected chi connectivity index (χ0v) is 11.4. The maximum Gasteiger partial charge on any atom is 0.324 e. The Kier molecular flexibility index (Phi) is 8.12. The summed E-state index contributed by atoms with van der Waals surface area (Å²) in [6.07, 6.45) is 1.15. The summed E-state index contributed by atoms with van der Waals surface area (Å²) < 4.78 is 10.1. The Balaban J connectivity index is 4.84. The molecule has 0 spiro atoms. The highest BCUT2D eigenvalue weighted by Crippen LogP contribution is 2.24. The molecule has 0 fully saturated rings. The zero-order chi connectivity index (χ0) is 13.3. The summed E-state index contributed by atoms with van der Waals surface area (Å²) in [7, 11) is 3.24. The van der Waals surface area contributed by atoms with E-state index in [-0.39, 0.29) is 0 Å². The third kappa shape index (κ3) is 4.26. The van der Waals surface area contributed by atoms with E-state index < -0.39 is 11.5 Å². The molecule has 0 amide bonds. The van der Waals surface area contributed by atoms with Gasteiger partial charge in [-0.1, -0.05) is 13.8 Å². The number of nitrogens with zero attached hydrogens (tertiary/aromatic N) is 1. The quantitative estimate of drug-likeness (QED) is 0.629. The Morgan fingerprint density at radius 3 is 1.76 bits per heavy atom. The lowest BCUT2D eigenvalue weighted by molar-refractivity contribution is -0.153. The van der Waals surface area contributed by atoms with Gasteiger partial charge < -0.3 is 14.6 Å². The molecule has 17 heavy (non-hydrogen) atoms. The van der Waals surface area contributed by atoms with Gasteiger partial charge in [0.15, 0.2) is 0 Å². The third-order valence-electron chi connectivity index (χ3n) is 3.30. The smallest absolute Gasteiger partial charge is 0.324 e. The fourth-order valence-corrected chi connectivity index (χ4v) is 2.08. The van der Waals surface area contributed by atoms with E-state index in [1.54, 1.807) is 14.2 Å². The lowest BCUT2D eigenvalue weighted by Crippen LogP contribution is -2.56. The molecule has 0 aliphatic heterocycles. The Bertz CT molecular complexity index is 209. The maximum atomic E-state index is 11.5. The van der Waals surface area contributed by atoms with Crippen LogP contribution in [0.2, 0.25) is 0 Å². The second-order valence-electron chi connectivity index (χ2n) is 4.02. The number of aliphatic carboxylic acids is 1. The molecule has 0 radical (unpaired) electrons. The molecule has 0 atom stereocenters. The molecule has 0 unspecified atom stereocenters. The summed E-state index contributed by atoms with van der Waals surface area (Å²) in [6.45, 7) is 6.08. The van der Waals surface area contributed by atoms with Crippen molar-refractivity contribution in [2.24, 2.45) is 0 Å². The fraction of sp³-hybridized carbons (Fsp3) is 0.917. The Morgan fingerprint density at radius 1 is 1.12 bits per heavy atom. The number of rotatable bonds is 10. The third-order valence-corrected chi connectivity index (χ3v) is 3.30. The predicted molar refractivity (Wildman–Crippen MR) is 66.3 cm³/mol. The second-order valence-corrected chi connectivity index (χ2v) is 4.02. The van der Waals surface area contributed by atoms with E-state index >= 15 is 0 Å². The van der Waals surface area contributed by atoms with E-state index in [2.05, 4.69) is 0 Å². The second kappa shape index (κ2) is 8.44. The van der Waals surface area contributed by atoms with Gasteiger partial charge >= 0.3 is 5.97 Å². The van der Waals surface area contributed by atoms with Crippen LogP contribution in [0.25, 0.3) is 0 Å². The minimum atomic E-state index is -0.808. The summed E-state index contributed by atoms with van der Waals surface area (Å²) in [5.74, 6) is -0.769. The van der Waals surface area contributed by atoms with Crippen molar-refractivity contribution in [1.29, 1.82) is 0 Å². The fourth-order valence-electron chi connectivity index (χ4n) is 2.08. The molecule has 0 aromatic carbocycles. The standard InChI is InChI=1S/C12H25NO4/c1-5-12(6-2,11(14)15)13(7-9-16-3)8-10-17-4/h5-10H2,1-4H3,(H,14,15). The number of carboxylic acids is 1. The van der Waals surface area contributed by atoms with Crippen molar-refractivity contribution in [3.63, 3.8) is 0 Å². The molecule has 0 aliphatic carbocycles. The van der Waals surface area contributed by atoms with Crippen molar-refractivity contribution in [3.05, 3.63) is 0 Å². The molecule has 0 saturated carbocycles. The Hall–Kier alpha value is -0.650. The van der Waals surface area contributed by atoms with Crippen LogP contribution >= 0.6 is 0 Å². The molecule has 0 aromatic heterocycles. The molecule has 1 N–H and O–H groups in total. The van der Waals surface area contributed by atoms with Crippen molar-refractivity contribution in [2.45, 2.75) is 32.2 Å². The normalized spacial score (nSPS) is 12.1. The molecule has 102 valence electrons. The Labute approximate surface area is 104 Å². The summed E-state index contributed by atoms with van der Waals surface area (Å²) in [4.78, 5) is 13.5. The first kappa shape index (κ1) is 16.4. The van der Waals surface area contributed by atoms with Gasteiger partial charge in [-0.15, -0.1) is 0 Å². The minimum Gasteiger partial charge on any atom is -0.480 e. The van der Waals surface area contributed by atoms with Gasteiger partial charge in [0.25, 0.3) is 0 Å². The number of ether oxygens (including phenoxy) is 2. The molecule has 0 saturated heterocycles. The number of carboxylic acid groups (broad SMARTS) is 1. The maximum absolute atomic E-state index is 11.5. The van der Waals surface area contributed by atoms with Gasteiger partial charge in [-0.05, 0) is 12.8 Å². The SMILES string of the molecule is CCC(CC)(C(=O)O)N(CCOC)CCOC. The van der Waals surface area contributed by atoms with Crippen LogP contribution in [-0.2, 0) is 14.3 Å². The number of methoxy groups -OCH3 is 2. The first-order chi connectivity index (χ1) is 8.08. The lowest BCUT2D eigenvalue weighted by Gasteiger charge is -2.39.